The monoisotopic (exact) mass is 533 g/mol. The van der Waals surface area contributed by atoms with Crippen LogP contribution >= 0.6 is 0 Å². The highest BCUT2D eigenvalue weighted by molar-refractivity contribution is 5.94. The predicted octanol–water partition coefficient (Wildman–Crippen LogP) is 6.44. The molecule has 1 heterocycles. The van der Waals surface area contributed by atoms with Crippen molar-refractivity contribution in [1.82, 2.24) is 20.0 Å². The lowest BCUT2D eigenvalue weighted by Gasteiger charge is -2.57. The van der Waals surface area contributed by atoms with Crippen molar-refractivity contribution in [3.8, 4) is 5.69 Å². The number of hydrogen-bond donors (Lipinski definition) is 2. The zero-order valence-electron chi connectivity index (χ0n) is 24.7. The van der Waals surface area contributed by atoms with E-state index in [9.17, 15) is 9.59 Å². The van der Waals surface area contributed by atoms with Crippen molar-refractivity contribution in [3.63, 3.8) is 0 Å². The quantitative estimate of drug-likeness (QED) is 0.410. The first-order valence-electron chi connectivity index (χ1n) is 14.9. The number of anilines is 1. The lowest BCUT2D eigenvalue weighted by Crippen LogP contribution is -2.62. The Kier molecular flexibility index (Phi) is 7.55. The summed E-state index contributed by atoms with van der Waals surface area (Å²) in [6.45, 7) is 13.3. The van der Waals surface area contributed by atoms with Crippen LogP contribution in [0.2, 0.25) is 0 Å². The Hall–Kier alpha value is -2.83. The van der Waals surface area contributed by atoms with E-state index in [1.165, 1.54) is 19.3 Å². The molecule has 6 rings (SSSR count). The zero-order chi connectivity index (χ0) is 27.9. The fourth-order valence-corrected chi connectivity index (χ4v) is 7.38. The highest BCUT2D eigenvalue weighted by Crippen LogP contribution is 2.55. The van der Waals surface area contributed by atoms with Gasteiger partial charge in [-0.25, -0.2) is 9.48 Å². The van der Waals surface area contributed by atoms with Gasteiger partial charge in [-0.05, 0) is 93.2 Å². The van der Waals surface area contributed by atoms with Gasteiger partial charge in [-0.15, -0.1) is 0 Å². The first kappa shape index (κ1) is 27.7. The van der Waals surface area contributed by atoms with Crippen LogP contribution in [-0.4, -0.2) is 45.2 Å². The van der Waals surface area contributed by atoms with E-state index in [1.807, 2.05) is 31.2 Å². The van der Waals surface area contributed by atoms with E-state index >= 15 is 0 Å². The van der Waals surface area contributed by atoms with E-state index in [0.29, 0.717) is 18.3 Å². The summed E-state index contributed by atoms with van der Waals surface area (Å²) in [6, 6.07) is 9.96. The smallest absolute Gasteiger partial charge is 0.318 e. The maximum Gasteiger partial charge on any atom is 0.318 e. The summed E-state index contributed by atoms with van der Waals surface area (Å²) in [5.74, 6) is 3.13. The van der Waals surface area contributed by atoms with Crippen molar-refractivity contribution >= 4 is 17.8 Å². The number of aryl methyl sites for hydroxylation is 1. The molecule has 0 aliphatic heterocycles. The van der Waals surface area contributed by atoms with Gasteiger partial charge in [0.25, 0.3) is 0 Å². The minimum atomic E-state index is -0.200. The van der Waals surface area contributed by atoms with Crippen LogP contribution in [0, 0.1) is 30.6 Å². The van der Waals surface area contributed by atoms with Gasteiger partial charge in [0.05, 0.1) is 11.4 Å². The Morgan fingerprint density at radius 1 is 1.08 bits per heavy atom. The normalized spacial score (nSPS) is 25.7. The molecule has 0 radical (unpaired) electrons. The van der Waals surface area contributed by atoms with Crippen LogP contribution in [0.4, 0.5) is 10.6 Å². The fourth-order valence-electron chi connectivity index (χ4n) is 7.38. The molecule has 212 valence electrons. The molecule has 4 fully saturated rings. The number of nitrogens with one attached hydrogen (secondary N) is 2. The minimum Gasteiger partial charge on any atom is -0.333 e. The van der Waals surface area contributed by atoms with Crippen molar-refractivity contribution < 1.29 is 9.59 Å². The van der Waals surface area contributed by atoms with E-state index in [4.69, 9.17) is 5.10 Å². The molecule has 3 amide bonds. The molecule has 1 aromatic heterocycles. The summed E-state index contributed by atoms with van der Waals surface area (Å²) in [7, 11) is 0. The third-order valence-electron chi connectivity index (χ3n) is 9.00. The third-order valence-corrected chi connectivity index (χ3v) is 9.00. The van der Waals surface area contributed by atoms with Crippen LogP contribution in [0.3, 0.4) is 0 Å². The Labute approximate surface area is 234 Å². The number of nitrogens with zero attached hydrogens (tertiary/aromatic N) is 3. The summed E-state index contributed by atoms with van der Waals surface area (Å²) < 4.78 is 1.81. The Bertz CT molecular complexity index is 1170. The van der Waals surface area contributed by atoms with Crippen molar-refractivity contribution in [3.05, 3.63) is 41.6 Å². The van der Waals surface area contributed by atoms with Gasteiger partial charge in [0.15, 0.2) is 0 Å². The molecule has 7 nitrogen and oxygen atoms in total. The molecular weight excluding hydrogens is 486 g/mol. The van der Waals surface area contributed by atoms with Gasteiger partial charge in [0.1, 0.15) is 12.4 Å². The predicted molar refractivity (Wildman–Crippen MR) is 156 cm³/mol. The second-order valence-corrected chi connectivity index (χ2v) is 14.2. The van der Waals surface area contributed by atoms with Crippen molar-refractivity contribution in [2.45, 2.75) is 97.4 Å². The van der Waals surface area contributed by atoms with Gasteiger partial charge in [-0.1, -0.05) is 46.8 Å². The molecule has 2 aromatic rings. The number of urea groups is 1. The molecule has 4 saturated carbocycles. The highest BCUT2D eigenvalue weighted by Gasteiger charge is 2.51. The molecule has 0 spiro atoms. The Morgan fingerprint density at radius 2 is 1.72 bits per heavy atom. The molecule has 0 saturated heterocycles. The number of rotatable bonds is 8. The van der Waals surface area contributed by atoms with Crippen molar-refractivity contribution in [2.75, 3.05) is 18.4 Å². The van der Waals surface area contributed by atoms with Crippen LogP contribution in [0.1, 0.15) is 90.8 Å². The number of amides is 3. The van der Waals surface area contributed by atoms with Gasteiger partial charge in [0, 0.05) is 23.6 Å². The van der Waals surface area contributed by atoms with Crippen molar-refractivity contribution in [1.29, 1.82) is 0 Å². The summed E-state index contributed by atoms with van der Waals surface area (Å²) in [6.07, 6.45) is 8.15. The molecule has 4 bridgehead atoms. The fraction of sp³-hybridized carbons (Fsp3) is 0.656. The highest BCUT2D eigenvalue weighted by atomic mass is 16.2. The molecule has 2 N–H and O–H groups in total. The molecule has 4 aliphatic carbocycles. The maximum atomic E-state index is 13.7. The lowest BCUT2D eigenvalue weighted by atomic mass is 9.53. The van der Waals surface area contributed by atoms with Gasteiger partial charge in [0.2, 0.25) is 5.91 Å². The van der Waals surface area contributed by atoms with Crippen LogP contribution in [0.5, 0.6) is 0 Å². The van der Waals surface area contributed by atoms with Crippen LogP contribution < -0.4 is 10.6 Å². The average Bonchev–Trinajstić information content (AvgIpc) is 3.24. The topological polar surface area (TPSA) is 79.3 Å². The lowest BCUT2D eigenvalue weighted by molar-refractivity contribution is -0.117. The second-order valence-electron chi connectivity index (χ2n) is 14.2. The molecule has 0 unspecified atom stereocenters. The number of aromatic nitrogens is 2. The zero-order valence-corrected chi connectivity index (χ0v) is 24.7. The van der Waals surface area contributed by atoms with E-state index in [2.05, 4.69) is 51.3 Å². The van der Waals surface area contributed by atoms with E-state index < -0.39 is 0 Å². The number of benzene rings is 1. The molecule has 7 heteroatoms. The van der Waals surface area contributed by atoms with Gasteiger partial charge < -0.3 is 15.5 Å². The largest absolute Gasteiger partial charge is 0.333 e. The van der Waals surface area contributed by atoms with Crippen LogP contribution in [0.15, 0.2) is 30.3 Å². The molecule has 39 heavy (non-hydrogen) atoms. The summed E-state index contributed by atoms with van der Waals surface area (Å²) >= 11 is 0. The summed E-state index contributed by atoms with van der Waals surface area (Å²) in [5.41, 5.74) is 2.67. The number of carbonyl (C=O) groups is 2. The minimum absolute atomic E-state index is 0.0226. The van der Waals surface area contributed by atoms with Crippen LogP contribution in [0.25, 0.3) is 5.69 Å². The Balaban J connectivity index is 1.33. The second kappa shape index (κ2) is 10.6. The van der Waals surface area contributed by atoms with E-state index in [1.54, 1.807) is 9.58 Å². The molecule has 4 aliphatic rings. The number of hydrogen-bond acceptors (Lipinski definition) is 3. The maximum absolute atomic E-state index is 13.7. The first-order valence-corrected chi connectivity index (χ1v) is 14.9. The van der Waals surface area contributed by atoms with Gasteiger partial charge in [-0.2, -0.15) is 5.10 Å². The standard InChI is InChI=1S/C32H47N5O2/c1-21(2)10-11-36(30(39)34-32-17-23-13-24(18-32)15-25(14-23)19-32)20-29(38)33-28-16-27(31(4,5)6)35-37(28)26-9-7-8-22(3)12-26/h7-9,12,16,21,23-25H,10-11,13-15,17-20H2,1-6H3,(H,33,38)(H,34,39). The summed E-state index contributed by atoms with van der Waals surface area (Å²) in [5, 5.41) is 11.4. The van der Waals surface area contributed by atoms with Crippen LogP contribution in [-0.2, 0) is 10.2 Å². The molecular formula is C32H47N5O2. The van der Waals surface area contributed by atoms with Gasteiger partial charge >= 0.3 is 6.03 Å². The average molecular weight is 534 g/mol. The molecule has 0 atom stereocenters. The van der Waals surface area contributed by atoms with E-state index in [-0.39, 0.29) is 29.4 Å². The van der Waals surface area contributed by atoms with Gasteiger partial charge in [-0.3, -0.25) is 4.79 Å². The third kappa shape index (κ3) is 6.33. The molecule has 1 aromatic carbocycles. The first-order chi connectivity index (χ1) is 18.4. The van der Waals surface area contributed by atoms with E-state index in [0.717, 1.165) is 60.4 Å². The SMILES string of the molecule is Cc1cccc(-n2nc(C(C)(C)C)cc2NC(=O)CN(CCC(C)C)C(=O)NC23CC4CC(CC(C4)C2)C3)c1. The summed E-state index contributed by atoms with van der Waals surface area (Å²) in [4.78, 5) is 28.9. The Morgan fingerprint density at radius 3 is 2.28 bits per heavy atom. The van der Waals surface area contributed by atoms with Crippen molar-refractivity contribution in [2.24, 2.45) is 23.7 Å². The number of carbonyl (C=O) groups excluding carboxylic acids is 2.